The molecule has 0 saturated heterocycles. The van der Waals surface area contributed by atoms with Gasteiger partial charge in [-0.05, 0) is 42.7 Å². The van der Waals surface area contributed by atoms with Crippen LogP contribution >= 0.6 is 0 Å². The molecule has 0 saturated carbocycles. The first-order chi connectivity index (χ1) is 10.4. The second-order valence-corrected chi connectivity index (χ2v) is 6.78. The zero-order chi connectivity index (χ0) is 16.2. The van der Waals surface area contributed by atoms with E-state index in [9.17, 15) is 12.8 Å². The highest BCUT2D eigenvalue weighted by atomic mass is 32.2. The van der Waals surface area contributed by atoms with Gasteiger partial charge in [0.2, 0.25) is 10.0 Å². The van der Waals surface area contributed by atoms with Gasteiger partial charge in [0.1, 0.15) is 5.82 Å². The van der Waals surface area contributed by atoms with E-state index in [4.69, 9.17) is 5.11 Å². The number of sulfonamides is 1. The number of rotatable bonds is 6. The van der Waals surface area contributed by atoms with E-state index in [0.717, 1.165) is 11.6 Å². The summed E-state index contributed by atoms with van der Waals surface area (Å²) in [6.45, 7) is 1.47. The van der Waals surface area contributed by atoms with Crippen molar-refractivity contribution in [1.82, 2.24) is 4.72 Å². The van der Waals surface area contributed by atoms with Gasteiger partial charge in [-0.1, -0.05) is 30.3 Å². The fourth-order valence-corrected chi connectivity index (χ4v) is 3.59. The Morgan fingerprint density at radius 3 is 2.45 bits per heavy atom. The van der Waals surface area contributed by atoms with Crippen LogP contribution in [0.1, 0.15) is 23.6 Å². The number of hydrogen-bond donors (Lipinski definition) is 2. The molecule has 0 amide bonds. The van der Waals surface area contributed by atoms with Gasteiger partial charge in [0.05, 0.1) is 4.90 Å². The Morgan fingerprint density at radius 2 is 1.86 bits per heavy atom. The van der Waals surface area contributed by atoms with Crippen LogP contribution in [-0.2, 0) is 10.0 Å². The zero-order valence-electron chi connectivity index (χ0n) is 12.2. The van der Waals surface area contributed by atoms with Crippen molar-refractivity contribution in [1.29, 1.82) is 0 Å². The molecule has 0 spiro atoms. The average molecular weight is 323 g/mol. The highest BCUT2D eigenvalue weighted by Crippen LogP contribution is 2.21. The summed E-state index contributed by atoms with van der Waals surface area (Å²) in [5.74, 6) is -0.598. The van der Waals surface area contributed by atoms with Gasteiger partial charge >= 0.3 is 0 Å². The maximum Gasteiger partial charge on any atom is 0.241 e. The largest absolute Gasteiger partial charge is 0.396 e. The summed E-state index contributed by atoms with van der Waals surface area (Å²) in [4.78, 5) is -0.121. The van der Waals surface area contributed by atoms with Crippen LogP contribution in [-0.4, -0.2) is 20.1 Å². The van der Waals surface area contributed by atoms with E-state index in [-0.39, 0.29) is 17.9 Å². The van der Waals surface area contributed by atoms with Crippen molar-refractivity contribution in [3.8, 4) is 0 Å². The van der Waals surface area contributed by atoms with Crippen molar-refractivity contribution in [3.05, 3.63) is 65.5 Å². The molecule has 22 heavy (non-hydrogen) atoms. The van der Waals surface area contributed by atoms with E-state index < -0.39 is 21.9 Å². The first-order valence-corrected chi connectivity index (χ1v) is 8.36. The number of aliphatic hydroxyl groups excluding tert-OH is 1. The summed E-state index contributed by atoms with van der Waals surface area (Å²) >= 11 is 0. The van der Waals surface area contributed by atoms with Gasteiger partial charge in [-0.25, -0.2) is 17.5 Å². The van der Waals surface area contributed by atoms with Gasteiger partial charge in [0, 0.05) is 12.6 Å². The van der Waals surface area contributed by atoms with Crippen molar-refractivity contribution >= 4 is 10.0 Å². The van der Waals surface area contributed by atoms with E-state index in [1.54, 1.807) is 31.2 Å². The van der Waals surface area contributed by atoms with E-state index in [1.165, 1.54) is 12.1 Å². The number of nitrogens with one attached hydrogen (secondary N) is 1. The third-order valence-corrected chi connectivity index (χ3v) is 4.69. The predicted octanol–water partition coefficient (Wildman–Crippen LogP) is 2.54. The minimum absolute atomic E-state index is 0.121. The number of aliphatic hydroxyl groups is 1. The lowest BCUT2D eigenvalue weighted by Crippen LogP contribution is -2.29. The fourth-order valence-electron chi connectivity index (χ4n) is 2.22. The molecule has 0 fully saturated rings. The van der Waals surface area contributed by atoms with Crippen molar-refractivity contribution in [2.45, 2.75) is 24.3 Å². The van der Waals surface area contributed by atoms with Crippen molar-refractivity contribution in [2.24, 2.45) is 0 Å². The minimum Gasteiger partial charge on any atom is -0.396 e. The lowest BCUT2D eigenvalue weighted by atomic mass is 10.1. The SMILES string of the molecule is Cc1cc(F)cc(S(=O)(=O)N[C@H](CCO)c2ccccc2)c1. The first-order valence-electron chi connectivity index (χ1n) is 6.88. The number of aryl methyl sites for hydroxylation is 1. The molecule has 0 aliphatic heterocycles. The molecule has 0 bridgehead atoms. The van der Waals surface area contributed by atoms with Crippen LogP contribution in [0.15, 0.2) is 53.4 Å². The highest BCUT2D eigenvalue weighted by molar-refractivity contribution is 7.89. The maximum atomic E-state index is 13.4. The monoisotopic (exact) mass is 323 g/mol. The van der Waals surface area contributed by atoms with Crippen LogP contribution in [0.3, 0.4) is 0 Å². The van der Waals surface area contributed by atoms with Gasteiger partial charge in [0.15, 0.2) is 0 Å². The molecule has 6 heteroatoms. The minimum atomic E-state index is -3.88. The standard InChI is InChI=1S/C16H18FNO3S/c1-12-9-14(17)11-15(10-12)22(20,21)18-16(7-8-19)13-5-3-2-4-6-13/h2-6,9-11,16,18-19H,7-8H2,1H3/t16-/m1/s1. The summed E-state index contributed by atoms with van der Waals surface area (Å²) < 4.78 is 40.8. The fraction of sp³-hybridized carbons (Fsp3) is 0.250. The normalized spacial score (nSPS) is 13.0. The van der Waals surface area contributed by atoms with Crippen molar-refractivity contribution < 1.29 is 17.9 Å². The summed E-state index contributed by atoms with van der Waals surface area (Å²) in [6.07, 6.45) is 0.234. The molecule has 0 radical (unpaired) electrons. The molecule has 0 unspecified atom stereocenters. The van der Waals surface area contributed by atoms with Gasteiger partial charge in [0.25, 0.3) is 0 Å². The number of halogens is 1. The Hall–Kier alpha value is -1.76. The Kier molecular flexibility index (Phi) is 5.28. The van der Waals surface area contributed by atoms with Crippen LogP contribution in [0.2, 0.25) is 0 Å². The zero-order valence-corrected chi connectivity index (χ0v) is 13.0. The molecular formula is C16H18FNO3S. The molecule has 4 nitrogen and oxygen atoms in total. The molecule has 0 aromatic heterocycles. The van der Waals surface area contributed by atoms with Crippen molar-refractivity contribution in [3.63, 3.8) is 0 Å². The molecule has 118 valence electrons. The summed E-state index contributed by atoms with van der Waals surface area (Å²) in [5.41, 5.74) is 1.27. The second-order valence-electron chi connectivity index (χ2n) is 5.06. The highest BCUT2D eigenvalue weighted by Gasteiger charge is 2.21. The van der Waals surface area contributed by atoms with E-state index in [2.05, 4.69) is 4.72 Å². The quantitative estimate of drug-likeness (QED) is 0.858. The smallest absolute Gasteiger partial charge is 0.241 e. The summed E-state index contributed by atoms with van der Waals surface area (Å²) in [7, 11) is -3.88. The lowest BCUT2D eigenvalue weighted by Gasteiger charge is -2.18. The van der Waals surface area contributed by atoms with E-state index >= 15 is 0 Å². The van der Waals surface area contributed by atoms with Gasteiger partial charge in [-0.2, -0.15) is 0 Å². The third kappa shape index (κ3) is 4.13. The Bertz CT molecular complexity index is 712. The second kappa shape index (κ2) is 7.00. The first kappa shape index (κ1) is 16.6. The van der Waals surface area contributed by atoms with Gasteiger partial charge < -0.3 is 5.11 Å². The lowest BCUT2D eigenvalue weighted by molar-refractivity contribution is 0.272. The maximum absolute atomic E-state index is 13.4. The molecule has 1 atom stereocenters. The molecule has 2 rings (SSSR count). The number of benzene rings is 2. The van der Waals surface area contributed by atoms with Crippen LogP contribution in [0, 0.1) is 12.7 Å². The molecule has 0 aliphatic carbocycles. The molecule has 2 aromatic rings. The predicted molar refractivity (Wildman–Crippen MR) is 82.3 cm³/mol. The molecule has 2 aromatic carbocycles. The van der Waals surface area contributed by atoms with Crippen LogP contribution in [0.25, 0.3) is 0 Å². The number of hydrogen-bond acceptors (Lipinski definition) is 3. The summed E-state index contributed by atoms with van der Waals surface area (Å²) in [6, 6.07) is 12.0. The van der Waals surface area contributed by atoms with Gasteiger partial charge in [-0.3, -0.25) is 0 Å². The summed E-state index contributed by atoms with van der Waals surface area (Å²) in [5, 5.41) is 9.16. The average Bonchev–Trinajstić information content (AvgIpc) is 2.46. The Balaban J connectivity index is 2.32. The molecule has 0 aliphatic rings. The van der Waals surface area contributed by atoms with Crippen LogP contribution in [0.4, 0.5) is 4.39 Å². The Labute approximate surface area is 129 Å². The van der Waals surface area contributed by atoms with Gasteiger partial charge in [-0.15, -0.1) is 0 Å². The Morgan fingerprint density at radius 1 is 1.18 bits per heavy atom. The van der Waals surface area contributed by atoms with E-state index in [1.807, 2.05) is 6.07 Å². The molecule has 0 heterocycles. The van der Waals surface area contributed by atoms with Crippen LogP contribution < -0.4 is 4.72 Å². The molecule has 2 N–H and O–H groups in total. The van der Waals surface area contributed by atoms with E-state index in [0.29, 0.717) is 5.56 Å². The molecular weight excluding hydrogens is 305 g/mol. The van der Waals surface area contributed by atoms with Crippen LogP contribution in [0.5, 0.6) is 0 Å². The third-order valence-electron chi connectivity index (χ3n) is 3.24. The van der Waals surface area contributed by atoms with Crippen molar-refractivity contribution in [2.75, 3.05) is 6.61 Å². The topological polar surface area (TPSA) is 66.4 Å².